The summed E-state index contributed by atoms with van der Waals surface area (Å²) in [6.07, 6.45) is 3.03. The molecule has 1 aromatic carbocycles. The Kier molecular flexibility index (Phi) is 2.49. The molecule has 0 aromatic heterocycles. The van der Waals surface area contributed by atoms with E-state index in [1.54, 1.807) is 0 Å². The average molecular weight is 223 g/mol. The van der Waals surface area contributed by atoms with Crippen molar-refractivity contribution in [2.45, 2.75) is 12.3 Å². The van der Waals surface area contributed by atoms with Crippen molar-refractivity contribution < 1.29 is 0 Å². The second kappa shape index (κ2) is 4.01. The predicted molar refractivity (Wildman–Crippen MR) is 72.9 cm³/mol. The third-order valence-electron chi connectivity index (χ3n) is 3.83. The lowest BCUT2D eigenvalue weighted by Gasteiger charge is -2.21. The molecule has 2 aliphatic rings. The Morgan fingerprint density at radius 1 is 1.35 bits per heavy atom. The summed E-state index contributed by atoms with van der Waals surface area (Å²) in [5, 5.41) is 3.47. The SMILES string of the molecule is C=CC(=C)C1C2=C(CCNC2)c2ccccc21. The normalized spacial score (nSPS) is 22.0. The van der Waals surface area contributed by atoms with Crippen LogP contribution < -0.4 is 5.32 Å². The Hall–Kier alpha value is -1.60. The number of hydrogen-bond donors (Lipinski definition) is 1. The van der Waals surface area contributed by atoms with Gasteiger partial charge in [-0.1, -0.05) is 43.5 Å². The van der Waals surface area contributed by atoms with E-state index < -0.39 is 0 Å². The fourth-order valence-corrected chi connectivity index (χ4v) is 3.04. The first-order valence-electron chi connectivity index (χ1n) is 6.16. The van der Waals surface area contributed by atoms with Crippen molar-refractivity contribution in [2.75, 3.05) is 13.1 Å². The van der Waals surface area contributed by atoms with E-state index in [0.29, 0.717) is 5.92 Å². The molecule has 1 N–H and O–H groups in total. The Labute approximate surface area is 103 Å². The van der Waals surface area contributed by atoms with E-state index in [-0.39, 0.29) is 0 Å². The van der Waals surface area contributed by atoms with Crippen molar-refractivity contribution in [1.82, 2.24) is 5.32 Å². The summed E-state index contributed by atoms with van der Waals surface area (Å²) in [5.74, 6) is 0.353. The summed E-state index contributed by atoms with van der Waals surface area (Å²) < 4.78 is 0. The summed E-state index contributed by atoms with van der Waals surface area (Å²) >= 11 is 0. The molecule has 1 nitrogen and oxygen atoms in total. The summed E-state index contributed by atoms with van der Waals surface area (Å²) in [5.41, 5.74) is 6.99. The lowest BCUT2D eigenvalue weighted by Crippen LogP contribution is -2.25. The smallest absolute Gasteiger partial charge is 0.0317 e. The van der Waals surface area contributed by atoms with Crippen molar-refractivity contribution in [3.63, 3.8) is 0 Å². The molecule has 1 atom stereocenters. The van der Waals surface area contributed by atoms with Crippen LogP contribution in [0.3, 0.4) is 0 Å². The quantitative estimate of drug-likeness (QED) is 0.759. The van der Waals surface area contributed by atoms with Gasteiger partial charge in [0, 0.05) is 12.5 Å². The van der Waals surface area contributed by atoms with Gasteiger partial charge in [0.15, 0.2) is 0 Å². The van der Waals surface area contributed by atoms with E-state index in [0.717, 1.165) is 25.1 Å². The van der Waals surface area contributed by atoms with Crippen molar-refractivity contribution in [3.8, 4) is 0 Å². The molecule has 0 radical (unpaired) electrons. The molecule has 1 heteroatoms. The molecule has 1 unspecified atom stereocenters. The highest BCUT2D eigenvalue weighted by atomic mass is 14.9. The molecule has 0 bridgehead atoms. The Morgan fingerprint density at radius 2 is 2.18 bits per heavy atom. The maximum atomic E-state index is 4.17. The van der Waals surface area contributed by atoms with Gasteiger partial charge in [-0.15, -0.1) is 0 Å². The number of allylic oxidation sites excluding steroid dienone is 2. The van der Waals surface area contributed by atoms with Gasteiger partial charge in [0.2, 0.25) is 0 Å². The number of nitrogens with one attached hydrogen (secondary N) is 1. The van der Waals surface area contributed by atoms with Gasteiger partial charge < -0.3 is 5.32 Å². The molecule has 0 amide bonds. The maximum absolute atomic E-state index is 4.17. The molecule has 1 heterocycles. The minimum Gasteiger partial charge on any atom is -0.313 e. The van der Waals surface area contributed by atoms with Crippen LogP contribution in [0, 0.1) is 0 Å². The largest absolute Gasteiger partial charge is 0.313 e. The third-order valence-corrected chi connectivity index (χ3v) is 3.83. The van der Waals surface area contributed by atoms with Gasteiger partial charge in [-0.05, 0) is 40.8 Å². The molecular weight excluding hydrogens is 206 g/mol. The van der Waals surface area contributed by atoms with Crippen LogP contribution in [0.4, 0.5) is 0 Å². The summed E-state index contributed by atoms with van der Waals surface area (Å²) in [6.45, 7) is 10.1. The van der Waals surface area contributed by atoms with Crippen LogP contribution in [-0.4, -0.2) is 13.1 Å². The zero-order valence-electron chi connectivity index (χ0n) is 10.00. The van der Waals surface area contributed by atoms with Gasteiger partial charge in [0.1, 0.15) is 0 Å². The van der Waals surface area contributed by atoms with Crippen LogP contribution in [0.5, 0.6) is 0 Å². The molecule has 1 aliphatic carbocycles. The second-order valence-corrected chi connectivity index (χ2v) is 4.73. The van der Waals surface area contributed by atoms with Gasteiger partial charge in [-0.2, -0.15) is 0 Å². The van der Waals surface area contributed by atoms with E-state index in [2.05, 4.69) is 42.7 Å². The van der Waals surface area contributed by atoms with Crippen LogP contribution in [0.2, 0.25) is 0 Å². The molecule has 1 aliphatic heterocycles. The van der Waals surface area contributed by atoms with Crippen molar-refractivity contribution in [3.05, 3.63) is 65.8 Å². The lowest BCUT2D eigenvalue weighted by atomic mass is 9.88. The molecule has 0 fully saturated rings. The van der Waals surface area contributed by atoms with E-state index >= 15 is 0 Å². The number of benzene rings is 1. The average Bonchev–Trinajstić information content (AvgIpc) is 2.72. The number of hydrogen-bond acceptors (Lipinski definition) is 1. The lowest BCUT2D eigenvalue weighted by molar-refractivity contribution is 0.695. The van der Waals surface area contributed by atoms with Crippen molar-refractivity contribution >= 4 is 5.57 Å². The van der Waals surface area contributed by atoms with Crippen LogP contribution in [-0.2, 0) is 0 Å². The van der Waals surface area contributed by atoms with E-state index in [1.807, 2.05) is 6.08 Å². The summed E-state index contributed by atoms with van der Waals surface area (Å²) in [6, 6.07) is 8.72. The van der Waals surface area contributed by atoms with Gasteiger partial charge >= 0.3 is 0 Å². The molecule has 1 aromatic rings. The monoisotopic (exact) mass is 223 g/mol. The van der Waals surface area contributed by atoms with Crippen LogP contribution in [0.1, 0.15) is 23.5 Å². The first-order valence-corrected chi connectivity index (χ1v) is 6.16. The van der Waals surface area contributed by atoms with E-state index in [1.165, 1.54) is 22.3 Å². The predicted octanol–water partition coefficient (Wildman–Crippen LogP) is 3.27. The Morgan fingerprint density at radius 3 is 3.00 bits per heavy atom. The van der Waals surface area contributed by atoms with Gasteiger partial charge in [0.05, 0.1) is 0 Å². The van der Waals surface area contributed by atoms with Gasteiger partial charge in [0.25, 0.3) is 0 Å². The highest BCUT2D eigenvalue weighted by Crippen LogP contribution is 2.47. The first-order chi connectivity index (χ1) is 8.33. The third kappa shape index (κ3) is 1.50. The minimum atomic E-state index is 0.353. The first kappa shape index (κ1) is 10.5. The summed E-state index contributed by atoms with van der Waals surface area (Å²) in [7, 11) is 0. The topological polar surface area (TPSA) is 12.0 Å². The Balaban J connectivity index is 2.18. The van der Waals surface area contributed by atoms with E-state index in [9.17, 15) is 0 Å². The molecule has 0 spiro atoms. The minimum absolute atomic E-state index is 0.353. The molecule has 86 valence electrons. The van der Waals surface area contributed by atoms with Gasteiger partial charge in [-0.3, -0.25) is 0 Å². The molecule has 0 saturated carbocycles. The van der Waals surface area contributed by atoms with Crippen molar-refractivity contribution in [1.29, 1.82) is 0 Å². The Bertz CT molecular complexity index is 522. The van der Waals surface area contributed by atoms with Crippen LogP contribution >= 0.6 is 0 Å². The highest BCUT2D eigenvalue weighted by molar-refractivity contribution is 5.81. The highest BCUT2D eigenvalue weighted by Gasteiger charge is 2.32. The molecule has 0 saturated heterocycles. The van der Waals surface area contributed by atoms with Gasteiger partial charge in [-0.25, -0.2) is 0 Å². The van der Waals surface area contributed by atoms with Crippen molar-refractivity contribution in [2.24, 2.45) is 0 Å². The summed E-state index contributed by atoms with van der Waals surface area (Å²) in [4.78, 5) is 0. The van der Waals surface area contributed by atoms with E-state index in [4.69, 9.17) is 0 Å². The molecule has 3 rings (SSSR count). The fourth-order valence-electron chi connectivity index (χ4n) is 3.04. The van der Waals surface area contributed by atoms with Crippen LogP contribution in [0.25, 0.3) is 5.57 Å². The standard InChI is InChI=1S/C16H17N/c1-3-11(2)16-14-7-5-4-6-12(14)13-8-9-17-10-15(13)16/h3-7,16-17H,1-2,8-10H2. The molecule has 17 heavy (non-hydrogen) atoms. The fraction of sp³-hybridized carbons (Fsp3) is 0.250. The molecular formula is C16H17N. The zero-order chi connectivity index (χ0) is 11.8. The number of rotatable bonds is 2. The maximum Gasteiger partial charge on any atom is 0.0317 e. The number of fused-ring (bicyclic) bond motifs is 2. The second-order valence-electron chi connectivity index (χ2n) is 4.73. The van der Waals surface area contributed by atoms with Crippen LogP contribution in [0.15, 0.2) is 54.6 Å². The zero-order valence-corrected chi connectivity index (χ0v) is 10.00.